The van der Waals surface area contributed by atoms with E-state index in [9.17, 15) is 4.79 Å². The third-order valence-corrected chi connectivity index (χ3v) is 6.73. The molecule has 1 aromatic carbocycles. The molecule has 38 heavy (non-hydrogen) atoms. The zero-order valence-corrected chi connectivity index (χ0v) is 22.5. The van der Waals surface area contributed by atoms with Crippen LogP contribution in [0.25, 0.3) is 11.3 Å². The Morgan fingerprint density at radius 1 is 1.03 bits per heavy atom. The van der Waals surface area contributed by atoms with Gasteiger partial charge in [-0.2, -0.15) is 0 Å². The van der Waals surface area contributed by atoms with Gasteiger partial charge in [0.25, 0.3) is 0 Å². The van der Waals surface area contributed by atoms with Crippen LogP contribution in [0.5, 0.6) is 0 Å². The maximum atomic E-state index is 13.1. The molecule has 0 unspecified atom stereocenters. The fourth-order valence-corrected chi connectivity index (χ4v) is 4.65. The fraction of sp³-hybridized carbons (Fsp3) is 0.320. The number of aromatic nitrogens is 2. The molecular formula is C25H30Cl2N8O3. The third kappa shape index (κ3) is 6.37. The third-order valence-electron chi connectivity index (χ3n) is 6.19. The van der Waals surface area contributed by atoms with Gasteiger partial charge in [0.2, 0.25) is 5.91 Å². The SMILES string of the molecule is CC(C)N1CCN(c2ccc(NCCNc3ccc(N(O)O)c(N)n3)nc2-c2ccc(Cl)cc2Cl)C(=O)C1. The lowest BCUT2D eigenvalue weighted by Gasteiger charge is -2.37. The minimum absolute atomic E-state index is 0.00584. The van der Waals surface area contributed by atoms with Crippen molar-refractivity contribution < 1.29 is 15.2 Å². The van der Waals surface area contributed by atoms with E-state index in [0.717, 1.165) is 6.54 Å². The predicted molar refractivity (Wildman–Crippen MR) is 150 cm³/mol. The lowest BCUT2D eigenvalue weighted by Crippen LogP contribution is -2.52. The summed E-state index contributed by atoms with van der Waals surface area (Å²) in [7, 11) is 0. The number of nitrogen functional groups attached to an aromatic ring is 1. The van der Waals surface area contributed by atoms with E-state index >= 15 is 0 Å². The van der Waals surface area contributed by atoms with Gasteiger partial charge >= 0.3 is 0 Å². The standard InChI is InChI=1S/C25H30Cl2N8O3/c1-15(2)33-11-12-34(23(36)14-33)19-5-7-21(31-24(19)17-4-3-16(26)13-18(17)27)29-9-10-30-22-8-6-20(35(37)38)25(28)32-22/h3-8,13,15,37-38H,9-12,14H2,1-2H3,(H,29,31)(H3,28,30,32). The number of benzene rings is 1. The van der Waals surface area contributed by atoms with Crippen molar-refractivity contribution in [1.82, 2.24) is 14.9 Å². The molecule has 1 aliphatic heterocycles. The summed E-state index contributed by atoms with van der Waals surface area (Å²) in [6.07, 6.45) is 0. The van der Waals surface area contributed by atoms with Crippen molar-refractivity contribution >= 4 is 57.9 Å². The van der Waals surface area contributed by atoms with Gasteiger partial charge in [0.15, 0.2) is 5.82 Å². The Kier molecular flexibility index (Phi) is 8.75. The Labute approximate surface area is 230 Å². The van der Waals surface area contributed by atoms with E-state index < -0.39 is 0 Å². The molecule has 4 rings (SSSR count). The Hall–Kier alpha value is -3.35. The van der Waals surface area contributed by atoms with Gasteiger partial charge in [-0.1, -0.05) is 23.2 Å². The number of nitrogens with zero attached hydrogens (tertiary/aromatic N) is 5. The number of hydrogen-bond donors (Lipinski definition) is 5. The van der Waals surface area contributed by atoms with Gasteiger partial charge in [0.05, 0.1) is 22.9 Å². The summed E-state index contributed by atoms with van der Waals surface area (Å²) < 4.78 is 0. The summed E-state index contributed by atoms with van der Waals surface area (Å²) in [6.45, 7) is 6.77. The predicted octanol–water partition coefficient (Wildman–Crippen LogP) is 4.20. The number of piperazine rings is 1. The number of hydrogen-bond acceptors (Lipinski definition) is 10. The number of anilines is 5. The largest absolute Gasteiger partial charge is 0.382 e. The van der Waals surface area contributed by atoms with E-state index in [-0.39, 0.29) is 28.7 Å². The zero-order chi connectivity index (χ0) is 27.4. The Morgan fingerprint density at radius 3 is 2.32 bits per heavy atom. The molecule has 2 aromatic heterocycles. The molecule has 0 bridgehead atoms. The first-order valence-electron chi connectivity index (χ1n) is 12.1. The lowest BCUT2D eigenvalue weighted by atomic mass is 10.1. The maximum Gasteiger partial charge on any atom is 0.241 e. The summed E-state index contributed by atoms with van der Waals surface area (Å²) in [6, 6.07) is 12.2. The molecule has 11 nitrogen and oxygen atoms in total. The van der Waals surface area contributed by atoms with Crippen LogP contribution in [0.3, 0.4) is 0 Å². The molecule has 1 amide bonds. The number of halogens is 2. The summed E-state index contributed by atoms with van der Waals surface area (Å²) in [5.41, 5.74) is 7.66. The molecule has 13 heteroatoms. The number of carbonyl (C=O) groups is 1. The minimum atomic E-state index is -0.0781. The highest BCUT2D eigenvalue weighted by atomic mass is 35.5. The molecule has 0 atom stereocenters. The number of amides is 1. The molecule has 3 aromatic rings. The quantitative estimate of drug-likeness (QED) is 0.191. The van der Waals surface area contributed by atoms with E-state index in [1.165, 1.54) is 6.07 Å². The van der Waals surface area contributed by atoms with Gasteiger partial charge in [0.1, 0.15) is 17.3 Å². The molecular weight excluding hydrogens is 531 g/mol. The number of nitrogens with one attached hydrogen (secondary N) is 2. The minimum Gasteiger partial charge on any atom is -0.382 e. The molecule has 0 radical (unpaired) electrons. The van der Waals surface area contributed by atoms with Crippen LogP contribution < -0.4 is 26.5 Å². The van der Waals surface area contributed by atoms with Gasteiger partial charge in [-0.05, 0) is 56.3 Å². The summed E-state index contributed by atoms with van der Waals surface area (Å²) in [5, 5.41) is 25.5. The molecule has 0 saturated carbocycles. The zero-order valence-electron chi connectivity index (χ0n) is 21.0. The molecule has 1 fully saturated rings. The fourth-order valence-electron chi connectivity index (χ4n) is 4.15. The Morgan fingerprint density at radius 2 is 1.71 bits per heavy atom. The van der Waals surface area contributed by atoms with Crippen molar-refractivity contribution in [2.45, 2.75) is 19.9 Å². The smallest absolute Gasteiger partial charge is 0.241 e. The van der Waals surface area contributed by atoms with Gasteiger partial charge in [0, 0.05) is 42.8 Å². The lowest BCUT2D eigenvalue weighted by molar-refractivity contribution is -0.121. The second-order valence-electron chi connectivity index (χ2n) is 9.04. The molecule has 1 saturated heterocycles. The normalized spacial score (nSPS) is 14.2. The van der Waals surface area contributed by atoms with Crippen LogP contribution in [-0.2, 0) is 4.79 Å². The van der Waals surface area contributed by atoms with Crippen molar-refractivity contribution in [1.29, 1.82) is 0 Å². The van der Waals surface area contributed by atoms with E-state index in [2.05, 4.69) is 34.4 Å². The second-order valence-corrected chi connectivity index (χ2v) is 9.89. The molecule has 0 spiro atoms. The number of carbonyl (C=O) groups excluding carboxylic acids is 1. The van der Waals surface area contributed by atoms with Crippen molar-refractivity contribution in [2.24, 2.45) is 0 Å². The highest BCUT2D eigenvalue weighted by Gasteiger charge is 2.29. The van der Waals surface area contributed by atoms with E-state index in [0.29, 0.717) is 64.8 Å². The van der Waals surface area contributed by atoms with Crippen LogP contribution in [0.4, 0.5) is 28.8 Å². The monoisotopic (exact) mass is 560 g/mol. The molecule has 6 N–H and O–H groups in total. The highest BCUT2D eigenvalue weighted by Crippen LogP contribution is 2.37. The van der Waals surface area contributed by atoms with E-state index in [1.807, 2.05) is 12.1 Å². The van der Waals surface area contributed by atoms with Crippen LogP contribution in [0.15, 0.2) is 42.5 Å². The summed E-state index contributed by atoms with van der Waals surface area (Å²) in [5.74, 6) is 1.06. The first-order chi connectivity index (χ1) is 18.1. The van der Waals surface area contributed by atoms with Crippen molar-refractivity contribution in [2.75, 3.05) is 59.2 Å². The second kappa shape index (κ2) is 12.0. The number of pyridine rings is 2. The molecule has 202 valence electrons. The average molecular weight is 561 g/mol. The Bertz CT molecular complexity index is 1310. The summed E-state index contributed by atoms with van der Waals surface area (Å²) >= 11 is 12.7. The van der Waals surface area contributed by atoms with E-state index in [1.54, 1.807) is 29.2 Å². The van der Waals surface area contributed by atoms with Gasteiger partial charge in [-0.15, -0.1) is 5.23 Å². The van der Waals surface area contributed by atoms with E-state index in [4.69, 9.17) is 44.3 Å². The molecule has 1 aliphatic rings. The van der Waals surface area contributed by atoms with Gasteiger partial charge < -0.3 is 21.3 Å². The van der Waals surface area contributed by atoms with Gasteiger partial charge in [-0.25, -0.2) is 9.97 Å². The van der Waals surface area contributed by atoms with Gasteiger partial charge in [-0.3, -0.25) is 20.1 Å². The molecule has 3 heterocycles. The number of nitrogens with two attached hydrogens (primary N) is 1. The van der Waals surface area contributed by atoms with Crippen LogP contribution in [-0.4, -0.2) is 70.0 Å². The van der Waals surface area contributed by atoms with Crippen LogP contribution >= 0.6 is 23.2 Å². The number of rotatable bonds is 9. The van der Waals surface area contributed by atoms with Crippen molar-refractivity contribution in [3.63, 3.8) is 0 Å². The first-order valence-corrected chi connectivity index (χ1v) is 12.8. The maximum absolute atomic E-state index is 13.1. The van der Waals surface area contributed by atoms with Crippen molar-refractivity contribution in [3.8, 4) is 11.3 Å². The molecule has 0 aliphatic carbocycles. The summed E-state index contributed by atoms with van der Waals surface area (Å²) in [4.78, 5) is 25.9. The topological polar surface area (TPSA) is 143 Å². The Balaban J connectivity index is 1.51. The van der Waals surface area contributed by atoms with Crippen LogP contribution in [0.1, 0.15) is 13.8 Å². The first kappa shape index (κ1) is 27.7. The van der Waals surface area contributed by atoms with Crippen LogP contribution in [0.2, 0.25) is 10.0 Å². The average Bonchev–Trinajstić information content (AvgIpc) is 2.86. The highest BCUT2D eigenvalue weighted by molar-refractivity contribution is 6.36. The van der Waals surface area contributed by atoms with Crippen molar-refractivity contribution in [3.05, 3.63) is 52.5 Å². The van der Waals surface area contributed by atoms with Crippen LogP contribution in [0, 0.1) is 0 Å².